The number of hydrogen-bond donors (Lipinski definition) is 1. The Balaban J connectivity index is 1.83. The van der Waals surface area contributed by atoms with E-state index in [1.807, 2.05) is 13.0 Å². The molecule has 0 aliphatic heterocycles. The zero-order chi connectivity index (χ0) is 17.8. The van der Waals surface area contributed by atoms with Crippen molar-refractivity contribution in [2.45, 2.75) is 20.8 Å². The average molecular weight is 340 g/mol. The van der Waals surface area contributed by atoms with Crippen LogP contribution < -0.4 is 0 Å². The van der Waals surface area contributed by atoms with Gasteiger partial charge in [0.2, 0.25) is 0 Å². The first-order chi connectivity index (χ1) is 12.6. The van der Waals surface area contributed by atoms with E-state index in [9.17, 15) is 0 Å². The van der Waals surface area contributed by atoms with Crippen LogP contribution in [0.15, 0.2) is 60.8 Å². The van der Waals surface area contributed by atoms with Gasteiger partial charge in [-0.3, -0.25) is 4.57 Å². The standard InChI is InChI=1S/C22H20N4/c1-14-15(2)23-22-21(14)18-11-7-8-12-19(18)26(22)20-13-25(16(3)24-20)17-9-5-4-6-10-17/h4-13,23H,1-3H3. The van der Waals surface area contributed by atoms with Crippen LogP contribution in [0, 0.1) is 20.8 Å². The van der Waals surface area contributed by atoms with Gasteiger partial charge in [0.15, 0.2) is 5.82 Å². The summed E-state index contributed by atoms with van der Waals surface area (Å²) in [5.41, 5.74) is 5.91. The topological polar surface area (TPSA) is 38.5 Å². The van der Waals surface area contributed by atoms with Crippen molar-refractivity contribution in [1.82, 2.24) is 19.1 Å². The number of para-hydroxylation sites is 2. The third-order valence-corrected chi connectivity index (χ3v) is 5.25. The molecule has 3 aromatic heterocycles. The predicted octanol–water partition coefficient (Wildman–Crippen LogP) is 5.22. The molecule has 4 heteroatoms. The van der Waals surface area contributed by atoms with Crippen molar-refractivity contribution in [2.75, 3.05) is 0 Å². The summed E-state index contributed by atoms with van der Waals surface area (Å²) in [6.45, 7) is 6.35. The second kappa shape index (κ2) is 5.36. The smallest absolute Gasteiger partial charge is 0.157 e. The second-order valence-electron chi connectivity index (χ2n) is 6.80. The molecule has 0 bridgehead atoms. The minimum Gasteiger partial charge on any atom is -0.344 e. The van der Waals surface area contributed by atoms with E-state index in [2.05, 4.69) is 82.7 Å². The minimum atomic E-state index is 0.929. The summed E-state index contributed by atoms with van der Waals surface area (Å²) in [5, 5.41) is 2.54. The van der Waals surface area contributed by atoms with Gasteiger partial charge in [-0.05, 0) is 44.5 Å². The minimum absolute atomic E-state index is 0.929. The number of nitrogens with one attached hydrogen (secondary N) is 1. The molecule has 0 fully saturated rings. The molecule has 0 aliphatic rings. The highest BCUT2D eigenvalue weighted by Gasteiger charge is 2.19. The van der Waals surface area contributed by atoms with E-state index >= 15 is 0 Å². The van der Waals surface area contributed by atoms with Crippen LogP contribution in [0.3, 0.4) is 0 Å². The Labute approximate surface area is 151 Å². The van der Waals surface area contributed by atoms with Crippen LogP contribution >= 0.6 is 0 Å². The Morgan fingerprint density at radius 3 is 2.42 bits per heavy atom. The van der Waals surface area contributed by atoms with Gasteiger partial charge in [0.25, 0.3) is 0 Å². The molecule has 2 aromatic carbocycles. The van der Waals surface area contributed by atoms with Crippen LogP contribution in [-0.4, -0.2) is 19.1 Å². The molecule has 0 saturated heterocycles. The van der Waals surface area contributed by atoms with Gasteiger partial charge in [-0.25, -0.2) is 4.98 Å². The van der Waals surface area contributed by atoms with Crippen molar-refractivity contribution in [1.29, 1.82) is 0 Å². The lowest BCUT2D eigenvalue weighted by Crippen LogP contribution is -1.95. The molecule has 1 N–H and O–H groups in total. The third-order valence-electron chi connectivity index (χ3n) is 5.25. The predicted molar refractivity (Wildman–Crippen MR) is 106 cm³/mol. The first kappa shape index (κ1) is 15.0. The summed E-state index contributed by atoms with van der Waals surface area (Å²) in [6.07, 6.45) is 2.11. The van der Waals surface area contributed by atoms with Crippen LogP contribution in [0.4, 0.5) is 0 Å². The number of nitrogens with zero attached hydrogens (tertiary/aromatic N) is 3. The highest BCUT2D eigenvalue weighted by molar-refractivity contribution is 6.10. The molecule has 26 heavy (non-hydrogen) atoms. The number of benzene rings is 2. The summed E-state index contributed by atoms with van der Waals surface area (Å²) in [6, 6.07) is 18.9. The van der Waals surface area contributed by atoms with Gasteiger partial charge in [-0.15, -0.1) is 0 Å². The van der Waals surface area contributed by atoms with Crippen LogP contribution in [0.25, 0.3) is 33.4 Å². The molecule has 0 atom stereocenters. The second-order valence-corrected chi connectivity index (χ2v) is 6.80. The van der Waals surface area contributed by atoms with E-state index in [1.54, 1.807) is 0 Å². The normalized spacial score (nSPS) is 11.7. The Kier molecular flexibility index (Phi) is 3.10. The lowest BCUT2D eigenvalue weighted by atomic mass is 10.1. The summed E-state index contributed by atoms with van der Waals surface area (Å²) in [4.78, 5) is 8.44. The third kappa shape index (κ3) is 1.99. The molecular formula is C22H20N4. The number of aryl methyl sites for hydroxylation is 3. The Morgan fingerprint density at radius 2 is 1.62 bits per heavy atom. The van der Waals surface area contributed by atoms with Crippen molar-refractivity contribution >= 4 is 21.9 Å². The zero-order valence-corrected chi connectivity index (χ0v) is 15.1. The fourth-order valence-electron chi connectivity index (χ4n) is 3.85. The lowest BCUT2D eigenvalue weighted by molar-refractivity contribution is 0.973. The number of imidazole rings is 1. The molecule has 5 rings (SSSR count). The first-order valence-electron chi connectivity index (χ1n) is 8.85. The molecule has 0 saturated carbocycles. The van der Waals surface area contributed by atoms with E-state index in [-0.39, 0.29) is 0 Å². The summed E-state index contributed by atoms with van der Waals surface area (Å²) < 4.78 is 4.37. The maximum atomic E-state index is 4.87. The van der Waals surface area contributed by atoms with Gasteiger partial charge in [0.05, 0.1) is 11.7 Å². The van der Waals surface area contributed by atoms with Crippen LogP contribution in [0.1, 0.15) is 17.1 Å². The molecule has 0 aliphatic carbocycles. The zero-order valence-electron chi connectivity index (χ0n) is 15.1. The van der Waals surface area contributed by atoms with Gasteiger partial charge in [-0.2, -0.15) is 0 Å². The van der Waals surface area contributed by atoms with E-state index in [4.69, 9.17) is 4.98 Å². The summed E-state index contributed by atoms with van der Waals surface area (Å²) >= 11 is 0. The summed E-state index contributed by atoms with van der Waals surface area (Å²) in [5.74, 6) is 1.90. The molecule has 128 valence electrons. The number of aromatic nitrogens is 4. The number of H-pyrrole nitrogens is 1. The quantitative estimate of drug-likeness (QED) is 0.470. The molecule has 4 nitrogen and oxygen atoms in total. The largest absolute Gasteiger partial charge is 0.344 e. The van der Waals surface area contributed by atoms with Crippen molar-refractivity contribution in [2.24, 2.45) is 0 Å². The lowest BCUT2D eigenvalue weighted by Gasteiger charge is -2.04. The van der Waals surface area contributed by atoms with Crippen molar-refractivity contribution in [3.8, 4) is 11.5 Å². The highest BCUT2D eigenvalue weighted by Crippen LogP contribution is 2.34. The van der Waals surface area contributed by atoms with Crippen molar-refractivity contribution < 1.29 is 0 Å². The van der Waals surface area contributed by atoms with Gasteiger partial charge in [0.1, 0.15) is 11.5 Å². The SMILES string of the molecule is Cc1[nH]c2c(c1C)c1ccccc1n2-c1cn(-c2ccccc2)c(C)n1. The van der Waals surface area contributed by atoms with Crippen molar-refractivity contribution in [3.63, 3.8) is 0 Å². The van der Waals surface area contributed by atoms with Crippen molar-refractivity contribution in [3.05, 3.63) is 77.9 Å². The van der Waals surface area contributed by atoms with Crippen LogP contribution in [0.5, 0.6) is 0 Å². The van der Waals surface area contributed by atoms with E-state index in [0.29, 0.717) is 0 Å². The number of rotatable bonds is 2. The van der Waals surface area contributed by atoms with Crippen LogP contribution in [-0.2, 0) is 0 Å². The molecule has 5 aromatic rings. The molecule has 0 amide bonds. The number of aromatic amines is 1. The number of hydrogen-bond acceptors (Lipinski definition) is 1. The maximum Gasteiger partial charge on any atom is 0.157 e. The molecular weight excluding hydrogens is 320 g/mol. The fraction of sp³-hybridized carbons (Fsp3) is 0.136. The molecule has 0 radical (unpaired) electrons. The monoisotopic (exact) mass is 340 g/mol. The van der Waals surface area contributed by atoms with E-state index in [1.165, 1.54) is 27.5 Å². The van der Waals surface area contributed by atoms with Gasteiger partial charge in [0, 0.05) is 22.2 Å². The molecule has 3 heterocycles. The van der Waals surface area contributed by atoms with Gasteiger partial charge in [-0.1, -0.05) is 36.4 Å². The Hall–Kier alpha value is -3.27. The average Bonchev–Trinajstić information content (AvgIpc) is 3.28. The maximum absolute atomic E-state index is 4.87. The molecule has 0 spiro atoms. The molecule has 0 unspecified atom stereocenters. The highest BCUT2D eigenvalue weighted by atomic mass is 15.2. The van der Waals surface area contributed by atoms with E-state index in [0.717, 1.165) is 23.0 Å². The van der Waals surface area contributed by atoms with Gasteiger partial charge >= 0.3 is 0 Å². The van der Waals surface area contributed by atoms with Crippen LogP contribution in [0.2, 0.25) is 0 Å². The number of fused-ring (bicyclic) bond motifs is 3. The Morgan fingerprint density at radius 1 is 0.885 bits per heavy atom. The Bertz CT molecular complexity index is 1250. The first-order valence-corrected chi connectivity index (χ1v) is 8.85. The van der Waals surface area contributed by atoms with E-state index < -0.39 is 0 Å². The summed E-state index contributed by atoms with van der Waals surface area (Å²) in [7, 11) is 0. The van der Waals surface area contributed by atoms with Gasteiger partial charge < -0.3 is 9.55 Å². The fourth-order valence-corrected chi connectivity index (χ4v) is 3.85.